The van der Waals surface area contributed by atoms with Gasteiger partial charge in [0.25, 0.3) is 0 Å². The zero-order valence-electron chi connectivity index (χ0n) is 13.9. The van der Waals surface area contributed by atoms with Crippen LogP contribution >= 0.6 is 0 Å². The van der Waals surface area contributed by atoms with Crippen molar-refractivity contribution in [2.24, 2.45) is 0 Å². The minimum absolute atomic E-state index is 0.0400. The van der Waals surface area contributed by atoms with Gasteiger partial charge in [-0.1, -0.05) is 44.2 Å². The molecule has 0 atom stereocenters. The Balaban J connectivity index is 2.29. The summed E-state index contributed by atoms with van der Waals surface area (Å²) in [6, 6.07) is 10.5. The zero-order chi connectivity index (χ0) is 15.6. The van der Waals surface area contributed by atoms with Crippen LogP contribution in [0.4, 0.5) is 5.82 Å². The third-order valence-electron chi connectivity index (χ3n) is 3.70. The van der Waals surface area contributed by atoms with Gasteiger partial charge in [0.2, 0.25) is 0 Å². The molecule has 0 amide bonds. The topological polar surface area (TPSA) is 43.8 Å². The Morgan fingerprint density at radius 1 is 1.10 bits per heavy atom. The molecule has 21 heavy (non-hydrogen) atoms. The molecule has 0 saturated carbocycles. The second-order valence-corrected chi connectivity index (χ2v) is 6.95. The normalized spacial score (nSPS) is 12.1. The predicted molar refractivity (Wildman–Crippen MR) is 89.6 cm³/mol. The molecular formula is C18H27N3. The van der Waals surface area contributed by atoms with Crippen LogP contribution in [-0.2, 0) is 18.4 Å². The van der Waals surface area contributed by atoms with Crippen LogP contribution in [0, 0.1) is 0 Å². The lowest BCUT2D eigenvalue weighted by Gasteiger charge is -2.26. The number of hydrogen-bond donors (Lipinski definition) is 1. The molecule has 0 spiro atoms. The Kier molecular flexibility index (Phi) is 4.40. The van der Waals surface area contributed by atoms with Gasteiger partial charge in [0, 0.05) is 11.5 Å². The van der Waals surface area contributed by atoms with Crippen molar-refractivity contribution < 1.29 is 0 Å². The summed E-state index contributed by atoms with van der Waals surface area (Å²) >= 11 is 0. The van der Waals surface area contributed by atoms with Crippen LogP contribution in [0.5, 0.6) is 0 Å². The molecule has 0 aliphatic rings. The van der Waals surface area contributed by atoms with Gasteiger partial charge in [-0.25, -0.2) is 4.98 Å². The molecule has 0 aliphatic carbocycles. The lowest BCUT2D eigenvalue weighted by atomic mass is 10.1. The summed E-state index contributed by atoms with van der Waals surface area (Å²) in [5.74, 6) is 2.28. The first kappa shape index (κ1) is 15.6. The summed E-state index contributed by atoms with van der Waals surface area (Å²) in [5, 5.41) is 0. The fourth-order valence-corrected chi connectivity index (χ4v) is 2.68. The van der Waals surface area contributed by atoms with Gasteiger partial charge in [0.15, 0.2) is 0 Å². The van der Waals surface area contributed by atoms with Crippen LogP contribution in [0.3, 0.4) is 0 Å². The molecule has 0 bridgehead atoms. The minimum Gasteiger partial charge on any atom is -0.384 e. The summed E-state index contributed by atoms with van der Waals surface area (Å²) < 4.78 is 2.19. The number of aromatic nitrogens is 2. The summed E-state index contributed by atoms with van der Waals surface area (Å²) in [7, 11) is 0. The number of imidazole rings is 1. The van der Waals surface area contributed by atoms with Gasteiger partial charge >= 0.3 is 0 Å². The van der Waals surface area contributed by atoms with E-state index >= 15 is 0 Å². The van der Waals surface area contributed by atoms with Crippen molar-refractivity contribution >= 4 is 5.82 Å². The van der Waals surface area contributed by atoms with E-state index in [1.54, 1.807) is 0 Å². The number of anilines is 1. The highest BCUT2D eigenvalue weighted by molar-refractivity contribution is 5.41. The van der Waals surface area contributed by atoms with Crippen molar-refractivity contribution in [3.63, 3.8) is 0 Å². The number of nitrogens with two attached hydrogens (primary N) is 1. The van der Waals surface area contributed by atoms with Gasteiger partial charge in [-0.15, -0.1) is 0 Å². The van der Waals surface area contributed by atoms with Crippen LogP contribution in [0.2, 0.25) is 0 Å². The SMILES string of the molecule is CC(C)c1nc(CCc2ccccc2)c(N)n1C(C)(C)C. The fourth-order valence-electron chi connectivity index (χ4n) is 2.68. The smallest absolute Gasteiger partial charge is 0.127 e. The number of nitrogen functional groups attached to an aromatic ring is 1. The van der Waals surface area contributed by atoms with Gasteiger partial charge in [0.05, 0.1) is 5.69 Å². The van der Waals surface area contributed by atoms with Crippen LogP contribution in [-0.4, -0.2) is 9.55 Å². The molecular weight excluding hydrogens is 258 g/mol. The van der Waals surface area contributed by atoms with Crippen molar-refractivity contribution in [1.82, 2.24) is 9.55 Å². The Bertz CT molecular complexity index is 589. The first-order valence-electron chi connectivity index (χ1n) is 7.72. The van der Waals surface area contributed by atoms with E-state index in [9.17, 15) is 0 Å². The molecule has 2 N–H and O–H groups in total. The molecule has 0 fully saturated rings. The lowest BCUT2D eigenvalue weighted by Crippen LogP contribution is -2.26. The summed E-state index contributed by atoms with van der Waals surface area (Å²) in [4.78, 5) is 4.83. The van der Waals surface area contributed by atoms with Crippen molar-refractivity contribution in [3.05, 3.63) is 47.4 Å². The predicted octanol–water partition coefficient (Wildman–Crippen LogP) is 4.13. The Hall–Kier alpha value is -1.77. The monoisotopic (exact) mass is 285 g/mol. The van der Waals surface area contributed by atoms with Crippen LogP contribution < -0.4 is 5.73 Å². The highest BCUT2D eigenvalue weighted by Crippen LogP contribution is 2.29. The average Bonchev–Trinajstić information content (AvgIpc) is 2.75. The van der Waals surface area contributed by atoms with Crippen LogP contribution in [0.15, 0.2) is 30.3 Å². The van der Waals surface area contributed by atoms with Crippen LogP contribution in [0.25, 0.3) is 0 Å². The van der Waals surface area contributed by atoms with Crippen molar-refractivity contribution in [2.45, 2.75) is 58.9 Å². The van der Waals surface area contributed by atoms with Crippen molar-refractivity contribution in [2.75, 3.05) is 5.73 Å². The van der Waals surface area contributed by atoms with Gasteiger partial charge in [0.1, 0.15) is 11.6 Å². The number of aryl methyl sites for hydroxylation is 2. The molecule has 3 heteroatoms. The number of rotatable bonds is 4. The minimum atomic E-state index is -0.0400. The average molecular weight is 285 g/mol. The highest BCUT2D eigenvalue weighted by atomic mass is 15.2. The van der Waals surface area contributed by atoms with Gasteiger partial charge in [-0.3, -0.25) is 0 Å². The summed E-state index contributed by atoms with van der Waals surface area (Å²) in [6.45, 7) is 10.9. The molecule has 3 nitrogen and oxygen atoms in total. The molecule has 114 valence electrons. The van der Waals surface area contributed by atoms with E-state index in [1.165, 1.54) is 5.56 Å². The maximum absolute atomic E-state index is 6.39. The Morgan fingerprint density at radius 2 is 1.71 bits per heavy atom. The largest absolute Gasteiger partial charge is 0.384 e. The zero-order valence-corrected chi connectivity index (χ0v) is 13.9. The van der Waals surface area contributed by atoms with Gasteiger partial charge < -0.3 is 10.3 Å². The van der Waals surface area contributed by atoms with E-state index in [0.717, 1.165) is 30.2 Å². The van der Waals surface area contributed by atoms with Crippen molar-refractivity contribution in [3.8, 4) is 0 Å². The van der Waals surface area contributed by atoms with Gasteiger partial charge in [-0.05, 0) is 39.2 Å². The Labute approximate surface area is 128 Å². The molecule has 2 rings (SSSR count). The molecule has 1 aromatic heterocycles. The summed E-state index contributed by atoms with van der Waals surface area (Å²) in [6.07, 6.45) is 1.86. The molecule has 0 saturated heterocycles. The summed E-state index contributed by atoms with van der Waals surface area (Å²) in [5.41, 5.74) is 8.71. The number of hydrogen-bond acceptors (Lipinski definition) is 2. The maximum atomic E-state index is 6.39. The van der Waals surface area contributed by atoms with E-state index in [2.05, 4.69) is 63.5 Å². The molecule has 1 heterocycles. The molecule has 0 aliphatic heterocycles. The van der Waals surface area contributed by atoms with E-state index in [-0.39, 0.29) is 5.54 Å². The second-order valence-electron chi connectivity index (χ2n) is 6.95. The third-order valence-corrected chi connectivity index (χ3v) is 3.70. The van der Waals surface area contributed by atoms with E-state index in [0.29, 0.717) is 5.92 Å². The molecule has 2 aromatic rings. The standard InChI is InChI=1S/C18H27N3/c1-13(2)17-20-15(16(19)21(17)18(3,4)5)12-11-14-9-7-6-8-10-14/h6-10,13H,11-12,19H2,1-5H3. The lowest BCUT2D eigenvalue weighted by molar-refractivity contribution is 0.382. The van der Waals surface area contributed by atoms with Gasteiger partial charge in [-0.2, -0.15) is 0 Å². The Morgan fingerprint density at radius 3 is 2.19 bits per heavy atom. The first-order chi connectivity index (χ1) is 9.80. The second kappa shape index (κ2) is 5.92. The fraction of sp³-hybridized carbons (Fsp3) is 0.500. The van der Waals surface area contributed by atoms with Crippen LogP contribution in [0.1, 0.15) is 57.6 Å². The van der Waals surface area contributed by atoms with Crippen molar-refractivity contribution in [1.29, 1.82) is 0 Å². The number of benzene rings is 1. The molecule has 0 radical (unpaired) electrons. The number of nitrogens with zero attached hydrogens (tertiary/aromatic N) is 2. The first-order valence-corrected chi connectivity index (χ1v) is 7.72. The highest BCUT2D eigenvalue weighted by Gasteiger charge is 2.25. The quantitative estimate of drug-likeness (QED) is 0.918. The molecule has 1 aromatic carbocycles. The third kappa shape index (κ3) is 3.46. The van der Waals surface area contributed by atoms with E-state index < -0.39 is 0 Å². The van der Waals surface area contributed by atoms with E-state index in [4.69, 9.17) is 10.7 Å². The molecule has 0 unspecified atom stereocenters. The van der Waals surface area contributed by atoms with E-state index in [1.807, 2.05) is 6.07 Å². The maximum Gasteiger partial charge on any atom is 0.127 e.